The number of anilines is 2. The van der Waals surface area contributed by atoms with E-state index < -0.39 is 0 Å². The third kappa shape index (κ3) is 5.61. The van der Waals surface area contributed by atoms with Gasteiger partial charge in [-0.3, -0.25) is 14.5 Å². The van der Waals surface area contributed by atoms with Crippen molar-refractivity contribution in [3.63, 3.8) is 0 Å². The fraction of sp³-hybridized carbons (Fsp3) is 0.417. The average molecular weight is 427 g/mol. The van der Waals surface area contributed by atoms with Crippen LogP contribution >= 0.6 is 0 Å². The third-order valence-electron chi connectivity index (χ3n) is 5.84. The van der Waals surface area contributed by atoms with Gasteiger partial charge in [0.05, 0.1) is 18.3 Å². The summed E-state index contributed by atoms with van der Waals surface area (Å²) in [5, 5.41) is 2.91. The zero-order valence-electron chi connectivity index (χ0n) is 18.5. The molecular weight excluding hydrogens is 395 g/mol. The number of rotatable bonds is 7. The molecule has 166 valence electrons. The molecule has 3 rings (SSSR count). The zero-order chi connectivity index (χ0) is 22.4. The van der Waals surface area contributed by atoms with Crippen LogP contribution in [0, 0.1) is 5.82 Å². The van der Waals surface area contributed by atoms with Gasteiger partial charge in [0.25, 0.3) is 0 Å². The van der Waals surface area contributed by atoms with E-state index in [9.17, 15) is 14.0 Å². The van der Waals surface area contributed by atoms with Gasteiger partial charge >= 0.3 is 0 Å². The minimum absolute atomic E-state index is 0.00356. The molecule has 2 aromatic carbocycles. The van der Waals surface area contributed by atoms with Crippen molar-refractivity contribution in [3.8, 4) is 0 Å². The van der Waals surface area contributed by atoms with Crippen LogP contribution in [0.2, 0.25) is 0 Å². The van der Waals surface area contributed by atoms with Crippen molar-refractivity contribution in [3.05, 3.63) is 59.9 Å². The highest BCUT2D eigenvalue weighted by Crippen LogP contribution is 2.21. The molecule has 0 radical (unpaired) electrons. The smallest absolute Gasteiger partial charge is 0.243 e. The molecule has 1 heterocycles. The lowest BCUT2D eigenvalue weighted by molar-refractivity contribution is -0.137. The van der Waals surface area contributed by atoms with Crippen molar-refractivity contribution >= 4 is 23.2 Å². The molecular formula is C24H31FN4O2. The maximum absolute atomic E-state index is 14.0. The molecule has 1 atom stereocenters. The third-order valence-corrected chi connectivity index (χ3v) is 5.84. The number of para-hydroxylation sites is 2. The van der Waals surface area contributed by atoms with Crippen molar-refractivity contribution in [2.75, 3.05) is 50.0 Å². The number of carbonyl (C=O) groups excluding carboxylic acids is 2. The molecule has 7 heteroatoms. The summed E-state index contributed by atoms with van der Waals surface area (Å²) in [5.74, 6) is -0.540. The second-order valence-electron chi connectivity index (χ2n) is 7.90. The SMILES string of the molecule is CCc1ccccc1NC(=O)CN(C)C(=O)[C@H](C)N1CCN(c2ccccc2F)CC1. The number of hydrogen-bond acceptors (Lipinski definition) is 4. The van der Waals surface area contributed by atoms with Crippen LogP contribution in [0.25, 0.3) is 0 Å². The first-order valence-corrected chi connectivity index (χ1v) is 10.8. The van der Waals surface area contributed by atoms with Gasteiger partial charge in [-0.1, -0.05) is 37.3 Å². The van der Waals surface area contributed by atoms with Gasteiger partial charge in [-0.05, 0) is 37.1 Å². The Labute approximate surface area is 183 Å². The Kier molecular flexibility index (Phi) is 7.63. The molecule has 6 nitrogen and oxygen atoms in total. The number of amides is 2. The van der Waals surface area contributed by atoms with Crippen molar-refractivity contribution in [1.82, 2.24) is 9.80 Å². The van der Waals surface area contributed by atoms with Gasteiger partial charge in [0.15, 0.2) is 0 Å². The number of benzene rings is 2. The van der Waals surface area contributed by atoms with Gasteiger partial charge in [0.1, 0.15) is 5.82 Å². The van der Waals surface area contributed by atoms with E-state index in [0.717, 1.165) is 17.7 Å². The van der Waals surface area contributed by atoms with Gasteiger partial charge < -0.3 is 15.1 Å². The normalized spacial score (nSPS) is 15.4. The number of aryl methyl sites for hydroxylation is 1. The van der Waals surface area contributed by atoms with E-state index >= 15 is 0 Å². The van der Waals surface area contributed by atoms with E-state index in [-0.39, 0.29) is 30.2 Å². The number of nitrogens with one attached hydrogen (secondary N) is 1. The molecule has 31 heavy (non-hydrogen) atoms. The Morgan fingerprint density at radius 1 is 1.06 bits per heavy atom. The predicted octanol–water partition coefficient (Wildman–Crippen LogP) is 3.00. The van der Waals surface area contributed by atoms with Gasteiger partial charge in [-0.2, -0.15) is 0 Å². The maximum Gasteiger partial charge on any atom is 0.243 e. The van der Waals surface area contributed by atoms with Crippen LogP contribution in [0.4, 0.5) is 15.8 Å². The van der Waals surface area contributed by atoms with Gasteiger partial charge in [-0.25, -0.2) is 4.39 Å². The number of halogens is 1. The highest BCUT2D eigenvalue weighted by molar-refractivity contribution is 5.95. The van der Waals surface area contributed by atoms with Crippen LogP contribution in [-0.4, -0.2) is 67.4 Å². The fourth-order valence-corrected chi connectivity index (χ4v) is 3.97. The molecule has 0 aromatic heterocycles. The summed E-state index contributed by atoms with van der Waals surface area (Å²) in [6, 6.07) is 14.1. The Balaban J connectivity index is 1.51. The Bertz CT molecular complexity index is 912. The first-order valence-electron chi connectivity index (χ1n) is 10.8. The summed E-state index contributed by atoms with van der Waals surface area (Å²) < 4.78 is 14.0. The lowest BCUT2D eigenvalue weighted by atomic mass is 10.1. The summed E-state index contributed by atoms with van der Waals surface area (Å²) in [6.07, 6.45) is 0.821. The van der Waals surface area contributed by atoms with Crippen LogP contribution in [0.1, 0.15) is 19.4 Å². The largest absolute Gasteiger partial charge is 0.367 e. The first-order chi connectivity index (χ1) is 14.9. The van der Waals surface area contributed by atoms with E-state index in [4.69, 9.17) is 0 Å². The summed E-state index contributed by atoms with van der Waals surface area (Å²) in [5.41, 5.74) is 2.45. The van der Waals surface area contributed by atoms with Crippen LogP contribution in [0.3, 0.4) is 0 Å². The lowest BCUT2D eigenvalue weighted by Gasteiger charge is -2.39. The van der Waals surface area contributed by atoms with Gasteiger partial charge in [0, 0.05) is 38.9 Å². The Morgan fingerprint density at radius 3 is 2.39 bits per heavy atom. The van der Waals surface area contributed by atoms with E-state index in [0.29, 0.717) is 31.9 Å². The highest BCUT2D eigenvalue weighted by atomic mass is 19.1. The molecule has 1 N–H and O–H groups in total. The van der Waals surface area contributed by atoms with E-state index in [1.165, 1.54) is 11.0 Å². The molecule has 0 unspecified atom stereocenters. The number of piperazine rings is 1. The maximum atomic E-state index is 14.0. The fourth-order valence-electron chi connectivity index (χ4n) is 3.97. The number of carbonyl (C=O) groups is 2. The van der Waals surface area contributed by atoms with Gasteiger partial charge in [0.2, 0.25) is 11.8 Å². The number of hydrogen-bond donors (Lipinski definition) is 1. The summed E-state index contributed by atoms with van der Waals surface area (Å²) in [7, 11) is 1.65. The predicted molar refractivity (Wildman–Crippen MR) is 122 cm³/mol. The van der Waals surface area contributed by atoms with Gasteiger partial charge in [-0.15, -0.1) is 0 Å². The first kappa shape index (κ1) is 22.7. The summed E-state index contributed by atoms with van der Waals surface area (Å²) >= 11 is 0. The van der Waals surface area contributed by atoms with Crippen molar-refractivity contribution in [2.45, 2.75) is 26.3 Å². The van der Waals surface area contributed by atoms with Crippen molar-refractivity contribution in [1.29, 1.82) is 0 Å². The topological polar surface area (TPSA) is 55.9 Å². The molecule has 1 aliphatic heterocycles. The van der Waals surface area contributed by atoms with Crippen LogP contribution in [0.15, 0.2) is 48.5 Å². The van der Waals surface area contributed by atoms with Crippen LogP contribution in [0.5, 0.6) is 0 Å². The monoisotopic (exact) mass is 426 g/mol. The van der Waals surface area contributed by atoms with Crippen molar-refractivity contribution < 1.29 is 14.0 Å². The lowest BCUT2D eigenvalue weighted by Crippen LogP contribution is -2.54. The summed E-state index contributed by atoms with van der Waals surface area (Å²) in [6.45, 7) is 6.51. The molecule has 0 saturated carbocycles. The van der Waals surface area contributed by atoms with E-state index in [1.807, 2.05) is 49.1 Å². The molecule has 0 spiro atoms. The molecule has 1 saturated heterocycles. The number of likely N-dealkylation sites (N-methyl/N-ethyl adjacent to an activating group) is 1. The minimum Gasteiger partial charge on any atom is -0.367 e. The van der Waals surface area contributed by atoms with Crippen LogP contribution in [-0.2, 0) is 16.0 Å². The molecule has 0 aliphatic carbocycles. The minimum atomic E-state index is -0.344. The molecule has 1 fully saturated rings. The van der Waals surface area contributed by atoms with E-state index in [2.05, 4.69) is 10.2 Å². The highest BCUT2D eigenvalue weighted by Gasteiger charge is 2.28. The van der Waals surface area contributed by atoms with Crippen molar-refractivity contribution in [2.24, 2.45) is 0 Å². The molecule has 2 amide bonds. The molecule has 1 aliphatic rings. The zero-order valence-corrected chi connectivity index (χ0v) is 18.5. The second-order valence-corrected chi connectivity index (χ2v) is 7.90. The number of nitrogens with zero attached hydrogens (tertiary/aromatic N) is 3. The quantitative estimate of drug-likeness (QED) is 0.740. The van der Waals surface area contributed by atoms with E-state index in [1.54, 1.807) is 19.2 Å². The standard InChI is InChI=1S/C24H31FN4O2/c1-4-19-9-5-7-11-21(19)26-23(30)17-27(3)24(31)18(2)28-13-15-29(16-14-28)22-12-8-6-10-20(22)25/h5-12,18H,4,13-17H2,1-3H3,(H,26,30)/t18-/m0/s1. The average Bonchev–Trinajstić information content (AvgIpc) is 2.78. The Morgan fingerprint density at radius 2 is 1.71 bits per heavy atom. The molecule has 0 bridgehead atoms. The van der Waals surface area contributed by atoms with Crippen LogP contribution < -0.4 is 10.2 Å². The Hall–Kier alpha value is -2.93. The summed E-state index contributed by atoms with van der Waals surface area (Å²) in [4.78, 5) is 30.9. The second kappa shape index (κ2) is 10.4. The molecule has 2 aromatic rings.